The zero-order valence-corrected chi connectivity index (χ0v) is 4.68. The zero-order valence-electron chi connectivity index (χ0n) is 2.97. The van der Waals surface area contributed by atoms with Gasteiger partial charge >= 0.3 is 0 Å². The Kier molecular flexibility index (Phi) is 4.85. The third-order valence-corrected chi connectivity index (χ3v) is 1.64. The van der Waals surface area contributed by atoms with E-state index in [0.717, 1.165) is 5.75 Å². The second-order valence-electron chi connectivity index (χ2n) is 0.492. The maximum Gasteiger partial charge on any atom is 0.226 e. The molecule has 0 saturated carbocycles. The van der Waals surface area contributed by atoms with Crippen molar-refractivity contribution >= 4 is 19.0 Å². The molecule has 30 valence electrons. The molecule has 0 aliphatic carbocycles. The standard InChI is InChI=1S/C2H5OPS/c1-2-5-4-3/h2H2,1H3. The Balaban J connectivity index is 2.40. The van der Waals surface area contributed by atoms with Crippen molar-refractivity contribution in [3.05, 3.63) is 0 Å². The van der Waals surface area contributed by atoms with Crippen LogP contribution in [-0.2, 0) is 4.57 Å². The van der Waals surface area contributed by atoms with E-state index in [0.29, 0.717) is 0 Å². The fourth-order valence-corrected chi connectivity index (χ4v) is 0.474. The summed E-state index contributed by atoms with van der Waals surface area (Å²) in [5.74, 6) is 0.936. The van der Waals surface area contributed by atoms with Crippen LogP contribution in [0.3, 0.4) is 0 Å². The molecule has 0 radical (unpaired) electrons. The molecule has 0 atom stereocenters. The van der Waals surface area contributed by atoms with Gasteiger partial charge in [0.25, 0.3) is 0 Å². The van der Waals surface area contributed by atoms with Crippen LogP contribution < -0.4 is 0 Å². The summed E-state index contributed by atoms with van der Waals surface area (Å²) in [4.78, 5) is 0. The summed E-state index contributed by atoms with van der Waals surface area (Å²) in [7, 11) is 0.196. The third-order valence-electron chi connectivity index (χ3n) is 0.182. The predicted molar refractivity (Wildman–Crippen MR) is 25.7 cm³/mol. The van der Waals surface area contributed by atoms with Gasteiger partial charge in [0.15, 0.2) is 0 Å². The average molecular weight is 108 g/mol. The van der Waals surface area contributed by atoms with Crippen LogP contribution >= 0.6 is 19.0 Å². The van der Waals surface area contributed by atoms with E-state index in [2.05, 4.69) is 0 Å². The fourth-order valence-electron chi connectivity index (χ4n) is 0.0527. The SMILES string of the molecule is CCSP=O. The van der Waals surface area contributed by atoms with Crippen LogP contribution in [0.4, 0.5) is 0 Å². The minimum Gasteiger partial charge on any atom is -0.262 e. The highest BCUT2D eigenvalue weighted by atomic mass is 32.7. The highest BCUT2D eigenvalue weighted by Crippen LogP contribution is 2.14. The summed E-state index contributed by atoms with van der Waals surface area (Å²) in [6.45, 7) is 1.97. The number of hydrogen-bond donors (Lipinski definition) is 0. The maximum atomic E-state index is 9.47. The fraction of sp³-hybridized carbons (Fsp3) is 1.00. The van der Waals surface area contributed by atoms with Crippen molar-refractivity contribution < 1.29 is 4.57 Å². The van der Waals surface area contributed by atoms with Gasteiger partial charge in [-0.15, -0.1) is 0 Å². The quantitative estimate of drug-likeness (QED) is 0.503. The molecular weight excluding hydrogens is 103 g/mol. The van der Waals surface area contributed by atoms with Crippen LogP contribution in [-0.4, -0.2) is 5.75 Å². The molecule has 0 fully saturated rings. The third kappa shape index (κ3) is 4.45. The van der Waals surface area contributed by atoms with E-state index in [1.807, 2.05) is 6.92 Å². The molecular formula is C2H5OPS. The van der Waals surface area contributed by atoms with Crippen LogP contribution in [0.2, 0.25) is 0 Å². The molecule has 5 heavy (non-hydrogen) atoms. The van der Waals surface area contributed by atoms with Gasteiger partial charge in [-0.2, -0.15) is 0 Å². The van der Waals surface area contributed by atoms with Crippen LogP contribution in [0.1, 0.15) is 6.92 Å². The van der Waals surface area contributed by atoms with Crippen LogP contribution in [0, 0.1) is 0 Å². The Morgan fingerprint density at radius 3 is 2.60 bits per heavy atom. The van der Waals surface area contributed by atoms with E-state index in [-0.39, 0.29) is 7.66 Å². The average Bonchev–Trinajstić information content (AvgIpc) is 1.41. The van der Waals surface area contributed by atoms with E-state index in [1.165, 1.54) is 11.4 Å². The lowest BCUT2D eigenvalue weighted by Gasteiger charge is -1.67. The first-order chi connectivity index (χ1) is 2.41. The lowest BCUT2D eigenvalue weighted by atomic mass is 11.0. The Morgan fingerprint density at radius 2 is 2.60 bits per heavy atom. The largest absolute Gasteiger partial charge is 0.262 e. The molecule has 0 saturated heterocycles. The molecule has 0 unspecified atom stereocenters. The van der Waals surface area contributed by atoms with Gasteiger partial charge < -0.3 is 0 Å². The highest BCUT2D eigenvalue weighted by Gasteiger charge is 1.68. The zero-order chi connectivity index (χ0) is 4.12. The van der Waals surface area contributed by atoms with E-state index < -0.39 is 0 Å². The molecule has 1 nitrogen and oxygen atoms in total. The highest BCUT2D eigenvalue weighted by molar-refractivity contribution is 8.45. The summed E-state index contributed by atoms with van der Waals surface area (Å²) in [6, 6.07) is 0. The van der Waals surface area contributed by atoms with Crippen molar-refractivity contribution in [3.63, 3.8) is 0 Å². The normalized spacial score (nSPS) is 9.00. The molecule has 0 spiro atoms. The van der Waals surface area contributed by atoms with Crippen LogP contribution in [0.15, 0.2) is 0 Å². The van der Waals surface area contributed by atoms with Gasteiger partial charge in [0.05, 0.1) is 0 Å². The first-order valence-electron chi connectivity index (χ1n) is 1.36. The van der Waals surface area contributed by atoms with Crippen molar-refractivity contribution in [3.8, 4) is 0 Å². The smallest absolute Gasteiger partial charge is 0.226 e. The van der Waals surface area contributed by atoms with Crippen molar-refractivity contribution in [1.82, 2.24) is 0 Å². The second-order valence-corrected chi connectivity index (χ2v) is 2.70. The van der Waals surface area contributed by atoms with Gasteiger partial charge in [0.1, 0.15) is 0 Å². The summed E-state index contributed by atoms with van der Waals surface area (Å²) >= 11 is 1.38. The van der Waals surface area contributed by atoms with Crippen molar-refractivity contribution in [2.24, 2.45) is 0 Å². The Bertz CT molecular complexity index is 30.8. The molecule has 0 aromatic carbocycles. The second kappa shape index (κ2) is 4.45. The first-order valence-corrected chi connectivity index (χ1v) is 3.76. The monoisotopic (exact) mass is 108 g/mol. The predicted octanol–water partition coefficient (Wildman–Crippen LogP) is 1.95. The van der Waals surface area contributed by atoms with Crippen LogP contribution in [0.25, 0.3) is 0 Å². The molecule has 0 bridgehead atoms. The Labute approximate surface area is 37.1 Å². The molecule has 0 aliphatic heterocycles. The lowest BCUT2D eigenvalue weighted by molar-refractivity contribution is 0.605. The van der Waals surface area contributed by atoms with E-state index >= 15 is 0 Å². The Hall–Kier alpha value is 0.450. The molecule has 0 N–H and O–H groups in total. The topological polar surface area (TPSA) is 17.1 Å². The van der Waals surface area contributed by atoms with Crippen molar-refractivity contribution in [2.45, 2.75) is 6.92 Å². The number of rotatable bonds is 2. The van der Waals surface area contributed by atoms with Gasteiger partial charge in [0, 0.05) is 5.75 Å². The number of hydrogen-bond acceptors (Lipinski definition) is 2. The first kappa shape index (κ1) is 5.45. The molecule has 0 aromatic heterocycles. The van der Waals surface area contributed by atoms with E-state index in [1.54, 1.807) is 0 Å². The van der Waals surface area contributed by atoms with Gasteiger partial charge in [0.2, 0.25) is 7.66 Å². The van der Waals surface area contributed by atoms with Gasteiger partial charge in [-0.05, 0) is 0 Å². The Morgan fingerprint density at radius 1 is 2.00 bits per heavy atom. The van der Waals surface area contributed by atoms with Crippen LogP contribution in [0.5, 0.6) is 0 Å². The summed E-state index contributed by atoms with van der Waals surface area (Å²) < 4.78 is 9.47. The van der Waals surface area contributed by atoms with Crippen molar-refractivity contribution in [2.75, 3.05) is 5.75 Å². The minimum atomic E-state index is 0.196. The lowest BCUT2D eigenvalue weighted by Crippen LogP contribution is -1.46. The summed E-state index contributed by atoms with van der Waals surface area (Å²) in [6.07, 6.45) is 0. The summed E-state index contributed by atoms with van der Waals surface area (Å²) in [5.41, 5.74) is 0. The van der Waals surface area contributed by atoms with Gasteiger partial charge in [-0.1, -0.05) is 18.3 Å². The van der Waals surface area contributed by atoms with Gasteiger partial charge in [-0.3, -0.25) is 4.57 Å². The molecule has 0 aromatic rings. The molecule has 0 aliphatic rings. The molecule has 0 rings (SSSR count). The van der Waals surface area contributed by atoms with Gasteiger partial charge in [-0.25, -0.2) is 0 Å². The summed E-state index contributed by atoms with van der Waals surface area (Å²) in [5, 5.41) is 0. The van der Waals surface area contributed by atoms with E-state index in [4.69, 9.17) is 0 Å². The maximum absolute atomic E-state index is 9.47. The molecule has 0 heterocycles. The van der Waals surface area contributed by atoms with E-state index in [9.17, 15) is 4.57 Å². The minimum absolute atomic E-state index is 0.196. The van der Waals surface area contributed by atoms with Crippen molar-refractivity contribution in [1.29, 1.82) is 0 Å². The molecule has 0 amide bonds. The molecule has 3 heteroatoms.